The Morgan fingerprint density at radius 1 is 1.19 bits per heavy atom. The van der Waals surface area contributed by atoms with E-state index in [-0.39, 0.29) is 17.9 Å². The van der Waals surface area contributed by atoms with E-state index in [1.165, 1.54) is 11.0 Å². The first kappa shape index (κ1) is 25.5. The van der Waals surface area contributed by atoms with E-state index in [1.54, 1.807) is 74.8 Å². The van der Waals surface area contributed by atoms with E-state index in [1.807, 2.05) is 0 Å². The SMILES string of the molecule is C=CC(=O)Nc1cccc(N2C(=O)N(C)Cc3cnc(Nc4ccc(OCCOC)cc4OC)nc32)c1. The predicted molar refractivity (Wildman–Crippen MR) is 140 cm³/mol. The molecule has 0 bridgehead atoms. The van der Waals surface area contributed by atoms with Crippen LogP contribution in [0.4, 0.5) is 33.6 Å². The molecule has 0 unspecified atom stereocenters. The molecule has 11 heteroatoms. The number of carbonyl (C=O) groups excluding carboxylic acids is 2. The van der Waals surface area contributed by atoms with Crippen LogP contribution in [0, 0.1) is 0 Å². The zero-order valence-corrected chi connectivity index (χ0v) is 20.9. The summed E-state index contributed by atoms with van der Waals surface area (Å²) in [6.45, 7) is 4.71. The van der Waals surface area contributed by atoms with Gasteiger partial charge in [-0.2, -0.15) is 4.98 Å². The average Bonchev–Trinajstić information content (AvgIpc) is 2.90. The van der Waals surface area contributed by atoms with Gasteiger partial charge in [-0.1, -0.05) is 12.6 Å². The molecule has 11 nitrogen and oxygen atoms in total. The Morgan fingerprint density at radius 3 is 2.78 bits per heavy atom. The summed E-state index contributed by atoms with van der Waals surface area (Å²) in [5.41, 5.74) is 2.46. The third kappa shape index (κ3) is 5.78. The predicted octanol–water partition coefficient (Wildman–Crippen LogP) is 4.08. The van der Waals surface area contributed by atoms with Crippen molar-refractivity contribution in [3.63, 3.8) is 0 Å². The van der Waals surface area contributed by atoms with Crippen LogP contribution >= 0.6 is 0 Å². The number of amides is 3. The highest BCUT2D eigenvalue weighted by Gasteiger charge is 2.31. The summed E-state index contributed by atoms with van der Waals surface area (Å²) >= 11 is 0. The Balaban J connectivity index is 1.65. The van der Waals surface area contributed by atoms with Crippen molar-refractivity contribution in [2.75, 3.05) is 50.0 Å². The normalized spacial score (nSPS) is 12.6. The fourth-order valence-corrected chi connectivity index (χ4v) is 3.72. The van der Waals surface area contributed by atoms with Crippen LogP contribution in [0.15, 0.2) is 61.3 Å². The second-order valence-electron chi connectivity index (χ2n) is 8.09. The van der Waals surface area contributed by atoms with Gasteiger partial charge in [-0.15, -0.1) is 0 Å². The minimum atomic E-state index is -0.350. The van der Waals surface area contributed by atoms with Crippen molar-refractivity contribution in [1.82, 2.24) is 14.9 Å². The number of nitrogens with one attached hydrogen (secondary N) is 2. The van der Waals surface area contributed by atoms with Crippen LogP contribution < -0.4 is 25.0 Å². The number of nitrogens with zero attached hydrogens (tertiary/aromatic N) is 4. The first-order chi connectivity index (χ1) is 17.9. The molecule has 0 fully saturated rings. The van der Waals surface area contributed by atoms with Crippen molar-refractivity contribution >= 4 is 40.8 Å². The largest absolute Gasteiger partial charge is 0.494 e. The third-order valence-electron chi connectivity index (χ3n) is 5.51. The van der Waals surface area contributed by atoms with Gasteiger partial charge in [0, 0.05) is 37.7 Å². The summed E-state index contributed by atoms with van der Waals surface area (Å²) < 4.78 is 16.2. The van der Waals surface area contributed by atoms with Crippen molar-refractivity contribution < 1.29 is 23.8 Å². The smallest absolute Gasteiger partial charge is 0.330 e. The second-order valence-corrected chi connectivity index (χ2v) is 8.09. The molecule has 1 aliphatic rings. The number of anilines is 5. The van der Waals surface area contributed by atoms with Gasteiger partial charge in [0.15, 0.2) is 5.82 Å². The first-order valence-corrected chi connectivity index (χ1v) is 11.4. The molecule has 0 spiro atoms. The number of aromatic nitrogens is 2. The maximum absolute atomic E-state index is 13.2. The number of carbonyl (C=O) groups is 2. The molecule has 3 aromatic rings. The summed E-state index contributed by atoms with van der Waals surface area (Å²) in [6.07, 6.45) is 2.86. The van der Waals surface area contributed by atoms with Crippen molar-refractivity contribution in [2.45, 2.75) is 6.54 Å². The summed E-state index contributed by atoms with van der Waals surface area (Å²) in [5.74, 6) is 1.54. The summed E-state index contributed by atoms with van der Waals surface area (Å²) in [4.78, 5) is 37.2. The molecule has 0 saturated heterocycles. The molecule has 2 heterocycles. The van der Waals surface area contributed by atoms with E-state index in [0.29, 0.717) is 54.1 Å². The Labute approximate surface area is 214 Å². The highest BCUT2D eigenvalue weighted by Crippen LogP contribution is 2.36. The van der Waals surface area contributed by atoms with E-state index >= 15 is 0 Å². The average molecular weight is 505 g/mol. The van der Waals surface area contributed by atoms with Crippen LogP contribution in [0.5, 0.6) is 11.5 Å². The van der Waals surface area contributed by atoms with Crippen LogP contribution in [-0.2, 0) is 16.1 Å². The Morgan fingerprint density at radius 2 is 2.03 bits per heavy atom. The molecule has 1 aliphatic heterocycles. The number of benzene rings is 2. The topological polar surface area (TPSA) is 118 Å². The van der Waals surface area contributed by atoms with Crippen LogP contribution in [0.3, 0.4) is 0 Å². The van der Waals surface area contributed by atoms with Gasteiger partial charge in [0.05, 0.1) is 31.6 Å². The van der Waals surface area contributed by atoms with Gasteiger partial charge in [-0.3, -0.25) is 4.79 Å². The van der Waals surface area contributed by atoms with E-state index in [2.05, 4.69) is 27.2 Å². The van der Waals surface area contributed by atoms with Crippen molar-refractivity contribution in [3.05, 3.63) is 66.9 Å². The lowest BCUT2D eigenvalue weighted by molar-refractivity contribution is -0.111. The van der Waals surface area contributed by atoms with Crippen LogP contribution in [0.2, 0.25) is 0 Å². The highest BCUT2D eigenvalue weighted by atomic mass is 16.5. The molecule has 0 radical (unpaired) electrons. The number of methoxy groups -OCH3 is 2. The zero-order valence-electron chi connectivity index (χ0n) is 20.9. The Kier molecular flexibility index (Phi) is 7.84. The Bertz CT molecular complexity index is 1310. The monoisotopic (exact) mass is 504 g/mol. The number of hydrogen-bond donors (Lipinski definition) is 2. The van der Waals surface area contributed by atoms with Gasteiger partial charge in [0.25, 0.3) is 0 Å². The number of fused-ring (bicyclic) bond motifs is 1. The van der Waals surface area contributed by atoms with Crippen molar-refractivity contribution in [3.8, 4) is 11.5 Å². The molecule has 0 aliphatic carbocycles. The van der Waals surface area contributed by atoms with Gasteiger partial charge in [0.1, 0.15) is 18.1 Å². The number of ether oxygens (including phenoxy) is 3. The summed E-state index contributed by atoms with van der Waals surface area (Å²) in [5, 5.41) is 5.88. The van der Waals surface area contributed by atoms with Crippen LogP contribution in [-0.4, -0.2) is 61.3 Å². The van der Waals surface area contributed by atoms with Crippen molar-refractivity contribution in [1.29, 1.82) is 0 Å². The molecule has 0 saturated carbocycles. The standard InChI is InChI=1S/C26H28N6O5/c1-5-23(33)28-18-7-6-8-19(13-18)32-24-17(16-31(2)26(32)34)15-27-25(30-24)29-21-10-9-20(14-22(21)36-4)37-12-11-35-3/h5-10,13-15H,1,11-12,16H2,2-4H3,(H,28,33)(H,27,29,30). The first-order valence-electron chi connectivity index (χ1n) is 11.4. The van der Waals surface area contributed by atoms with Crippen LogP contribution in [0.1, 0.15) is 5.56 Å². The fraction of sp³-hybridized carbons (Fsp3) is 0.231. The maximum Gasteiger partial charge on any atom is 0.330 e. The van der Waals surface area contributed by atoms with Gasteiger partial charge in [0.2, 0.25) is 11.9 Å². The number of urea groups is 1. The van der Waals surface area contributed by atoms with E-state index in [0.717, 1.165) is 5.56 Å². The quantitative estimate of drug-likeness (QED) is 0.313. The molecule has 4 rings (SSSR count). The van der Waals surface area contributed by atoms with Crippen LogP contribution in [0.25, 0.3) is 0 Å². The molecular weight excluding hydrogens is 476 g/mol. The number of hydrogen-bond acceptors (Lipinski definition) is 8. The second kappa shape index (κ2) is 11.4. The lowest BCUT2D eigenvalue weighted by Crippen LogP contribution is -2.43. The van der Waals surface area contributed by atoms with Gasteiger partial charge in [-0.05, 0) is 36.4 Å². The molecular formula is C26H28N6O5. The van der Waals surface area contributed by atoms with E-state index < -0.39 is 0 Å². The van der Waals surface area contributed by atoms with Gasteiger partial charge >= 0.3 is 6.03 Å². The van der Waals surface area contributed by atoms with Crippen molar-refractivity contribution in [2.24, 2.45) is 0 Å². The highest BCUT2D eigenvalue weighted by molar-refractivity contribution is 6.03. The van der Waals surface area contributed by atoms with E-state index in [4.69, 9.17) is 14.2 Å². The maximum atomic E-state index is 13.2. The number of rotatable bonds is 10. The lowest BCUT2D eigenvalue weighted by Gasteiger charge is -2.34. The van der Waals surface area contributed by atoms with E-state index in [9.17, 15) is 9.59 Å². The minimum Gasteiger partial charge on any atom is -0.494 e. The minimum absolute atomic E-state index is 0.264. The fourth-order valence-electron chi connectivity index (χ4n) is 3.72. The summed E-state index contributed by atoms with van der Waals surface area (Å²) in [6, 6.07) is 12.0. The van der Waals surface area contributed by atoms with Gasteiger partial charge in [-0.25, -0.2) is 14.7 Å². The molecule has 0 atom stereocenters. The molecule has 192 valence electrons. The molecule has 3 amide bonds. The molecule has 37 heavy (non-hydrogen) atoms. The molecule has 2 aromatic carbocycles. The summed E-state index contributed by atoms with van der Waals surface area (Å²) in [7, 11) is 4.87. The molecule has 1 aromatic heterocycles. The van der Waals surface area contributed by atoms with Gasteiger partial charge < -0.3 is 29.7 Å². The zero-order chi connectivity index (χ0) is 26.4. The lowest BCUT2D eigenvalue weighted by atomic mass is 10.2. The third-order valence-corrected chi connectivity index (χ3v) is 5.51. The Hall–Kier alpha value is -4.64. The molecule has 2 N–H and O–H groups in total.